The van der Waals surface area contributed by atoms with Gasteiger partial charge >= 0.3 is 0 Å². The van der Waals surface area contributed by atoms with Gasteiger partial charge in [-0.3, -0.25) is 0 Å². The number of fused-ring (bicyclic) bond motifs is 1. The number of ether oxygens (including phenoxy) is 2. The summed E-state index contributed by atoms with van der Waals surface area (Å²) in [7, 11) is 0. The highest BCUT2D eigenvalue weighted by molar-refractivity contribution is 14.1. The summed E-state index contributed by atoms with van der Waals surface area (Å²) in [6, 6.07) is 15.1. The van der Waals surface area contributed by atoms with Crippen LogP contribution in [-0.4, -0.2) is 12.8 Å². The number of benzene rings is 2. The maximum Gasteiger partial charge on any atom is 0.231 e. The first-order valence-electron chi connectivity index (χ1n) is 7.11. The highest BCUT2D eigenvalue weighted by atomic mass is 127. The first kappa shape index (κ1) is 14.5. The van der Waals surface area contributed by atoms with Gasteiger partial charge in [-0.2, -0.15) is 0 Å². The molecule has 21 heavy (non-hydrogen) atoms. The van der Waals surface area contributed by atoms with Crippen LogP contribution < -0.4 is 14.8 Å². The molecule has 1 aliphatic heterocycles. The number of halogens is 1. The molecule has 0 aliphatic carbocycles. The van der Waals surface area contributed by atoms with E-state index in [2.05, 4.69) is 71.2 Å². The van der Waals surface area contributed by atoms with Crippen molar-refractivity contribution in [2.75, 3.05) is 12.1 Å². The lowest BCUT2D eigenvalue weighted by molar-refractivity contribution is 0.174. The Morgan fingerprint density at radius 2 is 2.00 bits per heavy atom. The van der Waals surface area contributed by atoms with Gasteiger partial charge in [0.25, 0.3) is 0 Å². The van der Waals surface area contributed by atoms with Crippen molar-refractivity contribution in [2.24, 2.45) is 0 Å². The summed E-state index contributed by atoms with van der Waals surface area (Å²) in [5.74, 6) is 1.72. The minimum Gasteiger partial charge on any atom is -0.454 e. The van der Waals surface area contributed by atoms with E-state index >= 15 is 0 Å². The molecule has 3 nitrogen and oxygen atoms in total. The smallest absolute Gasteiger partial charge is 0.231 e. The molecule has 1 aliphatic rings. The van der Waals surface area contributed by atoms with Crippen molar-refractivity contribution < 1.29 is 9.47 Å². The van der Waals surface area contributed by atoms with Crippen molar-refractivity contribution in [3.8, 4) is 11.5 Å². The van der Waals surface area contributed by atoms with E-state index in [1.807, 2.05) is 6.07 Å². The average molecular weight is 395 g/mol. The van der Waals surface area contributed by atoms with Gasteiger partial charge < -0.3 is 14.8 Å². The predicted molar refractivity (Wildman–Crippen MR) is 93.1 cm³/mol. The number of anilines is 1. The van der Waals surface area contributed by atoms with Crippen molar-refractivity contribution in [2.45, 2.75) is 25.8 Å². The lowest BCUT2D eigenvalue weighted by Crippen LogP contribution is -2.16. The zero-order valence-corrected chi connectivity index (χ0v) is 14.1. The quantitative estimate of drug-likeness (QED) is 0.759. The van der Waals surface area contributed by atoms with Crippen LogP contribution in [-0.2, 0) is 6.42 Å². The second kappa shape index (κ2) is 6.56. The van der Waals surface area contributed by atoms with Crippen molar-refractivity contribution in [3.05, 3.63) is 51.6 Å². The molecular weight excluding hydrogens is 377 g/mol. The molecule has 0 spiro atoms. The van der Waals surface area contributed by atoms with Crippen LogP contribution >= 0.6 is 22.6 Å². The van der Waals surface area contributed by atoms with Gasteiger partial charge in [-0.05, 0) is 78.3 Å². The van der Waals surface area contributed by atoms with Gasteiger partial charge in [0, 0.05) is 15.3 Å². The van der Waals surface area contributed by atoms with Crippen LogP contribution in [0.4, 0.5) is 5.69 Å². The van der Waals surface area contributed by atoms with Gasteiger partial charge in [-0.15, -0.1) is 0 Å². The first-order valence-corrected chi connectivity index (χ1v) is 8.19. The Labute approximate surface area is 138 Å². The van der Waals surface area contributed by atoms with Gasteiger partial charge in [0.2, 0.25) is 6.79 Å². The molecule has 1 N–H and O–H groups in total. The monoisotopic (exact) mass is 395 g/mol. The molecule has 0 saturated carbocycles. The number of nitrogens with one attached hydrogen (secondary N) is 1. The molecule has 0 aromatic heterocycles. The summed E-state index contributed by atoms with van der Waals surface area (Å²) < 4.78 is 12.0. The van der Waals surface area contributed by atoms with Crippen LogP contribution in [0, 0.1) is 3.57 Å². The molecule has 0 fully saturated rings. The summed E-state index contributed by atoms with van der Waals surface area (Å²) >= 11 is 2.33. The predicted octanol–water partition coefficient (Wildman–Crippen LogP) is 4.45. The van der Waals surface area contributed by atoms with E-state index in [-0.39, 0.29) is 0 Å². The van der Waals surface area contributed by atoms with Crippen LogP contribution in [0.2, 0.25) is 0 Å². The summed E-state index contributed by atoms with van der Waals surface area (Å²) in [5, 5.41) is 3.54. The molecule has 0 bridgehead atoms. The molecule has 0 amide bonds. The Morgan fingerprint density at radius 1 is 1.14 bits per heavy atom. The third kappa shape index (κ3) is 3.81. The molecule has 1 heterocycles. The molecule has 1 atom stereocenters. The van der Waals surface area contributed by atoms with Gasteiger partial charge in [-0.25, -0.2) is 0 Å². The minimum atomic E-state index is 0.337. The summed E-state index contributed by atoms with van der Waals surface area (Å²) in [4.78, 5) is 0. The maximum absolute atomic E-state index is 5.42. The van der Waals surface area contributed by atoms with Crippen LogP contribution in [0.25, 0.3) is 0 Å². The molecular formula is C17H18INO2. The number of hydrogen-bond acceptors (Lipinski definition) is 3. The maximum atomic E-state index is 5.42. The van der Waals surface area contributed by atoms with Crippen molar-refractivity contribution in [1.82, 2.24) is 0 Å². The average Bonchev–Trinajstić information content (AvgIpc) is 2.92. The fourth-order valence-corrected chi connectivity index (χ4v) is 2.96. The number of hydrogen-bond donors (Lipinski definition) is 1. The van der Waals surface area contributed by atoms with E-state index in [1.165, 1.54) is 14.8 Å². The number of aryl methyl sites for hydroxylation is 1. The lowest BCUT2D eigenvalue weighted by Gasteiger charge is -2.15. The van der Waals surface area contributed by atoms with E-state index < -0.39 is 0 Å². The van der Waals surface area contributed by atoms with E-state index in [1.54, 1.807) is 0 Å². The van der Waals surface area contributed by atoms with Crippen molar-refractivity contribution in [1.29, 1.82) is 0 Å². The third-order valence-corrected chi connectivity index (χ3v) is 4.21. The Balaban J connectivity index is 1.55. The molecule has 4 heteroatoms. The van der Waals surface area contributed by atoms with Gasteiger partial charge in [0.15, 0.2) is 11.5 Å². The molecule has 2 aromatic carbocycles. The zero-order valence-electron chi connectivity index (χ0n) is 11.9. The zero-order chi connectivity index (χ0) is 14.7. The first-order chi connectivity index (χ1) is 10.2. The Kier molecular flexibility index (Phi) is 4.53. The van der Waals surface area contributed by atoms with Crippen LogP contribution in [0.3, 0.4) is 0 Å². The topological polar surface area (TPSA) is 30.5 Å². The van der Waals surface area contributed by atoms with E-state index in [0.29, 0.717) is 12.8 Å². The van der Waals surface area contributed by atoms with E-state index in [4.69, 9.17) is 9.47 Å². The minimum absolute atomic E-state index is 0.337. The molecule has 2 aromatic rings. The SMILES string of the molecule is CC(CCc1ccc2c(c1)OCO2)Nc1cccc(I)c1. The fourth-order valence-electron chi connectivity index (χ4n) is 2.41. The largest absolute Gasteiger partial charge is 0.454 e. The van der Waals surface area contributed by atoms with Crippen LogP contribution in [0.5, 0.6) is 11.5 Å². The molecule has 0 saturated heterocycles. The summed E-state index contributed by atoms with van der Waals surface area (Å²) in [6.45, 7) is 2.55. The van der Waals surface area contributed by atoms with E-state index in [0.717, 1.165) is 24.3 Å². The molecule has 0 radical (unpaired) electrons. The van der Waals surface area contributed by atoms with E-state index in [9.17, 15) is 0 Å². The molecule has 110 valence electrons. The second-order valence-corrected chi connectivity index (χ2v) is 6.53. The Morgan fingerprint density at radius 3 is 2.86 bits per heavy atom. The summed E-state index contributed by atoms with van der Waals surface area (Å²) in [6.07, 6.45) is 2.10. The van der Waals surface area contributed by atoms with Crippen LogP contribution in [0.15, 0.2) is 42.5 Å². The Bertz CT molecular complexity index is 630. The fraction of sp³-hybridized carbons (Fsp3) is 0.294. The standard InChI is InChI=1S/C17H18INO2/c1-12(19-15-4-2-3-14(18)10-15)5-6-13-7-8-16-17(9-13)21-11-20-16/h2-4,7-10,12,19H,5-6,11H2,1H3. The molecule has 1 unspecified atom stereocenters. The number of rotatable bonds is 5. The lowest BCUT2D eigenvalue weighted by atomic mass is 10.1. The second-order valence-electron chi connectivity index (χ2n) is 5.28. The summed E-state index contributed by atoms with van der Waals surface area (Å²) in [5.41, 5.74) is 2.47. The highest BCUT2D eigenvalue weighted by Gasteiger charge is 2.13. The highest BCUT2D eigenvalue weighted by Crippen LogP contribution is 2.32. The van der Waals surface area contributed by atoms with Gasteiger partial charge in [-0.1, -0.05) is 12.1 Å². The Hall–Kier alpha value is -1.43. The van der Waals surface area contributed by atoms with Gasteiger partial charge in [0.1, 0.15) is 0 Å². The van der Waals surface area contributed by atoms with Crippen molar-refractivity contribution in [3.63, 3.8) is 0 Å². The molecule has 3 rings (SSSR count). The third-order valence-electron chi connectivity index (χ3n) is 3.54. The van der Waals surface area contributed by atoms with Gasteiger partial charge in [0.05, 0.1) is 0 Å². The van der Waals surface area contributed by atoms with Crippen molar-refractivity contribution >= 4 is 28.3 Å². The van der Waals surface area contributed by atoms with Crippen LogP contribution in [0.1, 0.15) is 18.9 Å². The normalized spacial score (nSPS) is 14.0.